The molecule has 0 radical (unpaired) electrons. The van der Waals surface area contributed by atoms with Crippen LogP contribution in [0.2, 0.25) is 0 Å². The molecule has 0 bridgehead atoms. The molecule has 0 saturated carbocycles. The molecule has 4 aromatic rings. The summed E-state index contributed by atoms with van der Waals surface area (Å²) in [5, 5.41) is 8.28. The fourth-order valence-electron chi connectivity index (χ4n) is 2.72. The molecule has 0 atom stereocenters. The van der Waals surface area contributed by atoms with Crippen LogP contribution < -0.4 is 5.32 Å². The zero-order chi connectivity index (χ0) is 16.9. The number of nitrogens with zero attached hydrogens (tertiary/aromatic N) is 3. The fraction of sp³-hybridized carbons (Fsp3) is 0.0476. The quantitative estimate of drug-likeness (QED) is 0.585. The van der Waals surface area contributed by atoms with Gasteiger partial charge in [0.1, 0.15) is 5.82 Å². The van der Waals surface area contributed by atoms with Crippen molar-refractivity contribution >= 4 is 5.82 Å². The lowest BCUT2D eigenvalue weighted by molar-refractivity contribution is 0.878. The SMILES string of the molecule is c1ccc(CNc2cc(-c3cccnc3)nn2-c2ccccc2)cc1. The minimum Gasteiger partial charge on any atom is -0.366 e. The molecule has 122 valence electrons. The normalized spacial score (nSPS) is 10.6. The van der Waals surface area contributed by atoms with Crippen molar-refractivity contribution in [3.8, 4) is 16.9 Å². The number of anilines is 1. The lowest BCUT2D eigenvalue weighted by Gasteiger charge is -2.09. The summed E-state index contributed by atoms with van der Waals surface area (Å²) < 4.78 is 1.94. The lowest BCUT2D eigenvalue weighted by atomic mass is 10.2. The minimum atomic E-state index is 0.742. The van der Waals surface area contributed by atoms with Gasteiger partial charge in [0, 0.05) is 30.6 Å². The third-order valence-corrected chi connectivity index (χ3v) is 3.98. The van der Waals surface area contributed by atoms with Crippen molar-refractivity contribution in [2.24, 2.45) is 0 Å². The smallest absolute Gasteiger partial charge is 0.130 e. The Kier molecular flexibility index (Phi) is 4.25. The second-order valence-corrected chi connectivity index (χ2v) is 5.74. The number of pyridine rings is 1. The maximum atomic E-state index is 4.78. The highest BCUT2D eigenvalue weighted by molar-refractivity contribution is 5.63. The van der Waals surface area contributed by atoms with Crippen molar-refractivity contribution in [1.29, 1.82) is 0 Å². The third kappa shape index (κ3) is 3.43. The second-order valence-electron chi connectivity index (χ2n) is 5.74. The highest BCUT2D eigenvalue weighted by Crippen LogP contribution is 2.24. The first-order chi connectivity index (χ1) is 12.4. The van der Waals surface area contributed by atoms with Gasteiger partial charge in [-0.05, 0) is 29.8 Å². The van der Waals surface area contributed by atoms with Crippen molar-refractivity contribution in [3.63, 3.8) is 0 Å². The van der Waals surface area contributed by atoms with Gasteiger partial charge in [0.2, 0.25) is 0 Å². The van der Waals surface area contributed by atoms with Crippen molar-refractivity contribution in [2.45, 2.75) is 6.54 Å². The molecule has 0 aliphatic rings. The number of hydrogen-bond donors (Lipinski definition) is 1. The monoisotopic (exact) mass is 326 g/mol. The topological polar surface area (TPSA) is 42.7 Å². The van der Waals surface area contributed by atoms with E-state index in [9.17, 15) is 0 Å². The lowest BCUT2D eigenvalue weighted by Crippen LogP contribution is -2.06. The van der Waals surface area contributed by atoms with Gasteiger partial charge in [0.05, 0.1) is 11.4 Å². The van der Waals surface area contributed by atoms with E-state index >= 15 is 0 Å². The molecule has 0 fully saturated rings. The van der Waals surface area contributed by atoms with Crippen molar-refractivity contribution in [3.05, 3.63) is 96.8 Å². The molecule has 2 heterocycles. The predicted octanol–water partition coefficient (Wildman–Crippen LogP) is 4.55. The van der Waals surface area contributed by atoms with E-state index in [0.717, 1.165) is 29.3 Å². The van der Waals surface area contributed by atoms with E-state index in [-0.39, 0.29) is 0 Å². The Balaban J connectivity index is 1.69. The van der Waals surface area contributed by atoms with Gasteiger partial charge in [0.15, 0.2) is 0 Å². The van der Waals surface area contributed by atoms with Crippen molar-refractivity contribution in [1.82, 2.24) is 14.8 Å². The summed E-state index contributed by atoms with van der Waals surface area (Å²) in [4.78, 5) is 4.20. The fourth-order valence-corrected chi connectivity index (χ4v) is 2.72. The zero-order valence-corrected chi connectivity index (χ0v) is 13.7. The molecule has 2 aromatic heterocycles. The Morgan fingerprint density at radius 3 is 2.32 bits per heavy atom. The Morgan fingerprint density at radius 2 is 1.60 bits per heavy atom. The van der Waals surface area contributed by atoms with Crippen LogP contribution in [0.25, 0.3) is 16.9 Å². The second kappa shape index (κ2) is 7.01. The molecule has 0 amide bonds. The highest BCUT2D eigenvalue weighted by atomic mass is 15.3. The number of hydrogen-bond acceptors (Lipinski definition) is 3. The van der Waals surface area contributed by atoms with Gasteiger partial charge < -0.3 is 5.32 Å². The first-order valence-electron chi connectivity index (χ1n) is 8.24. The van der Waals surface area contributed by atoms with E-state index in [1.54, 1.807) is 6.20 Å². The van der Waals surface area contributed by atoms with Crippen LogP contribution in [0.1, 0.15) is 5.56 Å². The summed E-state index contributed by atoms with van der Waals surface area (Å²) in [7, 11) is 0. The van der Waals surface area contributed by atoms with Crippen LogP contribution in [-0.2, 0) is 6.54 Å². The van der Waals surface area contributed by atoms with E-state index in [1.165, 1.54) is 5.56 Å². The number of rotatable bonds is 5. The van der Waals surface area contributed by atoms with Crippen LogP contribution >= 0.6 is 0 Å². The van der Waals surface area contributed by atoms with Gasteiger partial charge in [-0.3, -0.25) is 4.98 Å². The Bertz CT molecular complexity index is 932. The average Bonchev–Trinajstić information content (AvgIpc) is 3.13. The van der Waals surface area contributed by atoms with E-state index in [4.69, 9.17) is 5.10 Å². The summed E-state index contributed by atoms with van der Waals surface area (Å²) in [5.41, 5.74) is 4.15. The summed E-state index contributed by atoms with van der Waals surface area (Å²) in [5.74, 6) is 0.953. The largest absolute Gasteiger partial charge is 0.366 e. The van der Waals surface area contributed by atoms with Crippen LogP contribution in [0.4, 0.5) is 5.82 Å². The van der Waals surface area contributed by atoms with Crippen molar-refractivity contribution < 1.29 is 0 Å². The maximum Gasteiger partial charge on any atom is 0.130 e. The number of nitrogens with one attached hydrogen (secondary N) is 1. The molecule has 4 rings (SSSR count). The zero-order valence-electron chi connectivity index (χ0n) is 13.7. The van der Waals surface area contributed by atoms with Crippen LogP contribution in [0.15, 0.2) is 91.3 Å². The van der Waals surface area contributed by atoms with Gasteiger partial charge in [-0.25, -0.2) is 4.68 Å². The summed E-state index contributed by atoms with van der Waals surface area (Å²) >= 11 is 0. The Morgan fingerprint density at radius 1 is 0.840 bits per heavy atom. The van der Waals surface area contributed by atoms with Crippen molar-refractivity contribution in [2.75, 3.05) is 5.32 Å². The third-order valence-electron chi connectivity index (χ3n) is 3.98. The number of para-hydroxylation sites is 1. The van der Waals surface area contributed by atoms with E-state index < -0.39 is 0 Å². The standard InChI is InChI=1S/C21H18N4/c1-3-8-17(9-4-1)15-23-21-14-20(18-10-7-13-22-16-18)24-25(21)19-11-5-2-6-12-19/h1-14,16,23H,15H2. The molecule has 2 aromatic carbocycles. The van der Waals surface area contributed by atoms with E-state index in [1.807, 2.05) is 71.5 Å². The first kappa shape index (κ1) is 15.1. The first-order valence-corrected chi connectivity index (χ1v) is 8.24. The molecule has 0 spiro atoms. The molecular formula is C21H18N4. The van der Waals surface area contributed by atoms with Gasteiger partial charge in [0.25, 0.3) is 0 Å². The Hall–Kier alpha value is -3.40. The summed E-state index contributed by atoms with van der Waals surface area (Å²) in [6, 6.07) is 26.5. The maximum absolute atomic E-state index is 4.78. The summed E-state index contributed by atoms with van der Waals surface area (Å²) in [6.07, 6.45) is 3.60. The molecule has 0 aliphatic heterocycles. The van der Waals surface area contributed by atoms with Gasteiger partial charge >= 0.3 is 0 Å². The van der Waals surface area contributed by atoms with Gasteiger partial charge in [-0.1, -0.05) is 48.5 Å². The molecular weight excluding hydrogens is 308 g/mol. The van der Waals surface area contributed by atoms with E-state index in [2.05, 4.69) is 28.5 Å². The Labute approximate surface area is 146 Å². The van der Waals surface area contributed by atoms with Crippen LogP contribution in [0.3, 0.4) is 0 Å². The highest BCUT2D eigenvalue weighted by Gasteiger charge is 2.11. The molecule has 0 saturated heterocycles. The van der Waals surface area contributed by atoms with Gasteiger partial charge in [-0.2, -0.15) is 5.10 Å². The molecule has 4 nitrogen and oxygen atoms in total. The molecule has 1 N–H and O–H groups in total. The van der Waals surface area contributed by atoms with Crippen LogP contribution in [0, 0.1) is 0 Å². The minimum absolute atomic E-state index is 0.742. The van der Waals surface area contributed by atoms with E-state index in [0.29, 0.717) is 0 Å². The number of aromatic nitrogens is 3. The summed E-state index contributed by atoms with van der Waals surface area (Å²) in [6.45, 7) is 0.742. The molecule has 4 heteroatoms. The molecule has 25 heavy (non-hydrogen) atoms. The molecule has 0 aliphatic carbocycles. The number of benzene rings is 2. The molecule has 0 unspecified atom stereocenters. The van der Waals surface area contributed by atoms with Crippen LogP contribution in [-0.4, -0.2) is 14.8 Å². The van der Waals surface area contributed by atoms with Gasteiger partial charge in [-0.15, -0.1) is 0 Å². The predicted molar refractivity (Wildman–Crippen MR) is 101 cm³/mol. The average molecular weight is 326 g/mol. The van der Waals surface area contributed by atoms with Crippen LogP contribution in [0.5, 0.6) is 0 Å².